The van der Waals surface area contributed by atoms with Gasteiger partial charge >= 0.3 is 0 Å². The molecule has 0 fully saturated rings. The van der Waals surface area contributed by atoms with Crippen molar-refractivity contribution < 1.29 is 0 Å². The Bertz CT molecular complexity index is 629. The molecule has 112 valence electrons. The Morgan fingerprint density at radius 3 is 2.19 bits per heavy atom. The second-order valence-corrected chi connectivity index (χ2v) is 6.60. The van der Waals surface area contributed by atoms with Crippen LogP contribution in [0, 0.1) is 0 Å². The van der Waals surface area contributed by atoms with Gasteiger partial charge in [-0.3, -0.25) is 0 Å². The Balaban J connectivity index is 2.66. The Morgan fingerprint density at radius 2 is 1.62 bits per heavy atom. The third kappa shape index (κ3) is 3.48. The minimum Gasteiger partial charge on any atom is -0.326 e. The van der Waals surface area contributed by atoms with Crippen LogP contribution in [0.5, 0.6) is 0 Å². The molecule has 0 saturated carbocycles. The highest BCUT2D eigenvalue weighted by Crippen LogP contribution is 2.35. The van der Waals surface area contributed by atoms with Crippen LogP contribution in [0.25, 0.3) is 11.1 Å². The molecule has 2 N–H and O–H groups in total. The summed E-state index contributed by atoms with van der Waals surface area (Å²) < 4.78 is 0. The molecular formula is C19H24ClN. The molecule has 0 aliphatic carbocycles. The van der Waals surface area contributed by atoms with Crippen LogP contribution in [0.2, 0.25) is 5.02 Å². The molecule has 0 aliphatic heterocycles. The number of halogens is 1. The fourth-order valence-electron chi connectivity index (χ4n) is 2.64. The molecule has 0 saturated heterocycles. The van der Waals surface area contributed by atoms with Gasteiger partial charge in [-0.1, -0.05) is 63.6 Å². The van der Waals surface area contributed by atoms with Crippen LogP contribution in [0.3, 0.4) is 0 Å². The second-order valence-electron chi connectivity index (χ2n) is 6.16. The van der Waals surface area contributed by atoms with Crippen LogP contribution in [0.15, 0.2) is 36.4 Å². The molecule has 2 aromatic carbocycles. The van der Waals surface area contributed by atoms with Crippen molar-refractivity contribution in [2.24, 2.45) is 5.73 Å². The molecule has 0 spiro atoms. The average molecular weight is 302 g/mol. The Labute approximate surface area is 133 Å². The summed E-state index contributed by atoms with van der Waals surface area (Å²) in [5, 5.41) is 0.754. The van der Waals surface area contributed by atoms with E-state index in [1.54, 1.807) is 0 Å². The molecule has 0 aliphatic rings. The van der Waals surface area contributed by atoms with E-state index in [1.165, 1.54) is 16.7 Å². The van der Waals surface area contributed by atoms with Gasteiger partial charge in [0.05, 0.1) is 0 Å². The van der Waals surface area contributed by atoms with Gasteiger partial charge in [-0.2, -0.15) is 0 Å². The lowest BCUT2D eigenvalue weighted by Crippen LogP contribution is -2.02. The maximum Gasteiger partial charge on any atom is 0.0412 e. The first-order chi connectivity index (χ1) is 9.93. The van der Waals surface area contributed by atoms with Gasteiger partial charge in [-0.05, 0) is 51.8 Å². The lowest BCUT2D eigenvalue weighted by Gasteiger charge is -2.18. The topological polar surface area (TPSA) is 26.0 Å². The number of benzene rings is 2. The van der Waals surface area contributed by atoms with Crippen molar-refractivity contribution in [3.63, 3.8) is 0 Å². The maximum atomic E-state index is 6.20. The highest BCUT2D eigenvalue weighted by molar-refractivity contribution is 6.30. The smallest absolute Gasteiger partial charge is 0.0412 e. The summed E-state index contributed by atoms with van der Waals surface area (Å²) in [6, 6.07) is 12.7. The number of rotatable bonds is 4. The van der Waals surface area contributed by atoms with Gasteiger partial charge in [0.1, 0.15) is 0 Å². The molecule has 0 radical (unpaired) electrons. The summed E-state index contributed by atoms with van der Waals surface area (Å²) in [5.41, 5.74) is 12.2. The minimum atomic E-state index is 0.461. The van der Waals surface area contributed by atoms with Gasteiger partial charge in [0.2, 0.25) is 0 Å². The first-order valence-electron chi connectivity index (χ1n) is 7.56. The van der Waals surface area contributed by atoms with Crippen molar-refractivity contribution in [2.45, 2.75) is 46.1 Å². The molecule has 0 unspecified atom stereocenters. The molecule has 2 rings (SSSR count). The van der Waals surface area contributed by atoms with Crippen LogP contribution in [-0.2, 0) is 6.54 Å². The Morgan fingerprint density at radius 1 is 0.905 bits per heavy atom. The first-order valence-corrected chi connectivity index (χ1v) is 7.94. The summed E-state index contributed by atoms with van der Waals surface area (Å²) in [4.78, 5) is 0. The van der Waals surface area contributed by atoms with Gasteiger partial charge in [0.25, 0.3) is 0 Å². The summed E-state index contributed by atoms with van der Waals surface area (Å²) in [6.07, 6.45) is 0. The van der Waals surface area contributed by atoms with E-state index < -0.39 is 0 Å². The molecule has 0 amide bonds. The molecular weight excluding hydrogens is 278 g/mol. The average Bonchev–Trinajstić information content (AvgIpc) is 2.46. The van der Waals surface area contributed by atoms with E-state index >= 15 is 0 Å². The predicted octanol–water partition coefficient (Wildman–Crippen LogP) is 5.71. The van der Waals surface area contributed by atoms with Crippen molar-refractivity contribution in [3.05, 3.63) is 58.1 Å². The lowest BCUT2D eigenvalue weighted by atomic mass is 9.87. The van der Waals surface area contributed by atoms with E-state index in [0.29, 0.717) is 18.4 Å². The van der Waals surface area contributed by atoms with E-state index in [4.69, 9.17) is 17.3 Å². The summed E-state index contributed by atoms with van der Waals surface area (Å²) in [6.45, 7) is 9.44. The lowest BCUT2D eigenvalue weighted by molar-refractivity contribution is 0.835. The molecule has 2 aromatic rings. The van der Waals surface area contributed by atoms with Crippen molar-refractivity contribution in [1.29, 1.82) is 0 Å². The highest BCUT2D eigenvalue weighted by atomic mass is 35.5. The third-order valence-corrected chi connectivity index (χ3v) is 4.18. The van der Waals surface area contributed by atoms with E-state index in [-0.39, 0.29) is 0 Å². The summed E-state index contributed by atoms with van der Waals surface area (Å²) in [7, 11) is 0. The summed E-state index contributed by atoms with van der Waals surface area (Å²) >= 11 is 6.20. The third-order valence-electron chi connectivity index (χ3n) is 3.95. The standard InChI is InChI=1S/C19H24ClN/c1-12(2)14-6-8-17(18(9-14)13(3)4)19-10-16(20)7-5-15(19)11-21/h5-10,12-13H,11,21H2,1-4H3. The maximum absolute atomic E-state index is 6.20. The van der Waals surface area contributed by atoms with Crippen molar-refractivity contribution in [2.75, 3.05) is 0 Å². The van der Waals surface area contributed by atoms with Crippen LogP contribution in [0.1, 0.15) is 56.2 Å². The van der Waals surface area contributed by atoms with Gasteiger partial charge in [0.15, 0.2) is 0 Å². The predicted molar refractivity (Wildman–Crippen MR) is 93.0 cm³/mol. The number of hydrogen-bond acceptors (Lipinski definition) is 1. The molecule has 0 atom stereocenters. The van der Waals surface area contributed by atoms with Crippen molar-refractivity contribution in [1.82, 2.24) is 0 Å². The summed E-state index contributed by atoms with van der Waals surface area (Å²) in [5.74, 6) is 0.994. The fourth-order valence-corrected chi connectivity index (χ4v) is 2.81. The van der Waals surface area contributed by atoms with Crippen LogP contribution >= 0.6 is 11.6 Å². The van der Waals surface area contributed by atoms with Gasteiger partial charge in [-0.15, -0.1) is 0 Å². The first kappa shape index (κ1) is 16.1. The van der Waals surface area contributed by atoms with Gasteiger partial charge in [0, 0.05) is 11.6 Å². The van der Waals surface area contributed by atoms with Crippen LogP contribution in [-0.4, -0.2) is 0 Å². The van der Waals surface area contributed by atoms with Crippen molar-refractivity contribution in [3.8, 4) is 11.1 Å². The van der Waals surface area contributed by atoms with E-state index in [0.717, 1.165) is 16.1 Å². The molecule has 1 nitrogen and oxygen atoms in total. The second kappa shape index (κ2) is 6.64. The van der Waals surface area contributed by atoms with Crippen LogP contribution < -0.4 is 5.73 Å². The molecule has 0 heterocycles. The number of hydrogen-bond donors (Lipinski definition) is 1. The highest BCUT2D eigenvalue weighted by Gasteiger charge is 2.14. The van der Waals surface area contributed by atoms with Crippen molar-refractivity contribution >= 4 is 11.6 Å². The van der Waals surface area contributed by atoms with Gasteiger partial charge in [-0.25, -0.2) is 0 Å². The zero-order valence-electron chi connectivity index (χ0n) is 13.3. The SMILES string of the molecule is CC(C)c1ccc(-c2cc(Cl)ccc2CN)c(C(C)C)c1. The fraction of sp³-hybridized carbons (Fsp3) is 0.368. The molecule has 21 heavy (non-hydrogen) atoms. The van der Waals surface area contributed by atoms with Crippen LogP contribution in [0.4, 0.5) is 0 Å². The van der Waals surface area contributed by atoms with Gasteiger partial charge < -0.3 is 5.73 Å². The monoisotopic (exact) mass is 301 g/mol. The Kier molecular flexibility index (Phi) is 5.08. The molecule has 2 heteroatoms. The normalized spacial score (nSPS) is 11.4. The largest absolute Gasteiger partial charge is 0.326 e. The Hall–Kier alpha value is -1.31. The molecule has 0 bridgehead atoms. The zero-order chi connectivity index (χ0) is 15.6. The minimum absolute atomic E-state index is 0.461. The van der Waals surface area contributed by atoms with E-state index in [9.17, 15) is 0 Å². The van der Waals surface area contributed by atoms with E-state index in [1.807, 2.05) is 18.2 Å². The quantitative estimate of drug-likeness (QED) is 0.768. The number of nitrogens with two attached hydrogens (primary N) is 1. The zero-order valence-corrected chi connectivity index (χ0v) is 14.0. The van der Waals surface area contributed by atoms with E-state index in [2.05, 4.69) is 45.9 Å². The molecule has 0 aromatic heterocycles.